The fourth-order valence-corrected chi connectivity index (χ4v) is 5.50. The van der Waals surface area contributed by atoms with Crippen molar-refractivity contribution in [1.29, 1.82) is 0 Å². The Hall–Kier alpha value is -2.59. The third-order valence-corrected chi connectivity index (χ3v) is 6.64. The SMILES string of the molecule is CC(C)(C)OC(=O)N1C2CCC1CC(O)(c1cc3ccccc3c3ccccc13)C2. The van der Waals surface area contributed by atoms with Crippen molar-refractivity contribution in [3.8, 4) is 0 Å². The van der Waals surface area contributed by atoms with Crippen molar-refractivity contribution in [2.75, 3.05) is 0 Å². The summed E-state index contributed by atoms with van der Waals surface area (Å²) < 4.78 is 5.67. The summed E-state index contributed by atoms with van der Waals surface area (Å²) in [5, 5.41) is 16.5. The predicted octanol–water partition coefficient (Wildman–Crippen LogP) is 5.74. The van der Waals surface area contributed by atoms with Gasteiger partial charge in [0.25, 0.3) is 0 Å². The van der Waals surface area contributed by atoms with E-state index in [1.54, 1.807) is 0 Å². The maximum absolute atomic E-state index is 12.8. The molecule has 0 aromatic heterocycles. The van der Waals surface area contributed by atoms with Crippen LogP contribution in [0.3, 0.4) is 0 Å². The maximum atomic E-state index is 12.8. The van der Waals surface area contributed by atoms with Gasteiger partial charge in [-0.15, -0.1) is 0 Å². The highest BCUT2D eigenvalue weighted by atomic mass is 16.6. The number of benzene rings is 3. The first-order chi connectivity index (χ1) is 14.3. The molecule has 5 rings (SSSR count). The van der Waals surface area contributed by atoms with Crippen LogP contribution in [0.4, 0.5) is 4.79 Å². The number of hydrogen-bond acceptors (Lipinski definition) is 3. The van der Waals surface area contributed by atoms with E-state index in [1.807, 2.05) is 37.8 Å². The maximum Gasteiger partial charge on any atom is 0.410 e. The molecule has 2 aliphatic heterocycles. The monoisotopic (exact) mass is 403 g/mol. The molecule has 2 atom stereocenters. The second kappa shape index (κ2) is 6.71. The van der Waals surface area contributed by atoms with Crippen molar-refractivity contribution in [2.45, 2.75) is 69.7 Å². The number of carbonyl (C=O) groups excluding carboxylic acids is 1. The Morgan fingerprint density at radius 2 is 1.53 bits per heavy atom. The summed E-state index contributed by atoms with van der Waals surface area (Å²) >= 11 is 0. The summed E-state index contributed by atoms with van der Waals surface area (Å²) in [5.41, 5.74) is -0.482. The van der Waals surface area contributed by atoms with Gasteiger partial charge in [-0.25, -0.2) is 4.79 Å². The van der Waals surface area contributed by atoms with E-state index in [-0.39, 0.29) is 18.2 Å². The van der Waals surface area contributed by atoms with Crippen LogP contribution in [0.1, 0.15) is 52.0 Å². The molecule has 0 radical (unpaired) electrons. The lowest BCUT2D eigenvalue weighted by molar-refractivity contribution is -0.0615. The van der Waals surface area contributed by atoms with Crippen molar-refractivity contribution < 1.29 is 14.6 Å². The zero-order valence-corrected chi connectivity index (χ0v) is 17.9. The molecule has 3 aromatic carbocycles. The van der Waals surface area contributed by atoms with Gasteiger partial charge in [-0.05, 0) is 66.8 Å². The number of rotatable bonds is 1. The van der Waals surface area contributed by atoms with Crippen LogP contribution in [0.15, 0.2) is 54.6 Å². The second-order valence-electron chi connectivity index (χ2n) is 9.90. The molecule has 3 aromatic rings. The lowest BCUT2D eigenvalue weighted by Crippen LogP contribution is -2.53. The lowest BCUT2D eigenvalue weighted by atomic mass is 9.77. The first kappa shape index (κ1) is 19.4. The number of fused-ring (bicyclic) bond motifs is 5. The molecular weight excluding hydrogens is 374 g/mol. The molecule has 2 unspecified atom stereocenters. The topological polar surface area (TPSA) is 49.8 Å². The van der Waals surface area contributed by atoms with E-state index in [0.717, 1.165) is 29.2 Å². The molecule has 4 nitrogen and oxygen atoms in total. The molecule has 30 heavy (non-hydrogen) atoms. The molecule has 2 aliphatic rings. The van der Waals surface area contributed by atoms with Crippen molar-refractivity contribution >= 4 is 27.6 Å². The summed E-state index contributed by atoms with van der Waals surface area (Å²) in [6.07, 6.45) is 2.67. The Morgan fingerprint density at radius 3 is 2.17 bits per heavy atom. The van der Waals surface area contributed by atoms with Crippen LogP contribution >= 0.6 is 0 Å². The van der Waals surface area contributed by atoms with Gasteiger partial charge in [0.15, 0.2) is 0 Å². The van der Waals surface area contributed by atoms with E-state index in [0.29, 0.717) is 12.8 Å². The van der Waals surface area contributed by atoms with Crippen molar-refractivity contribution in [2.24, 2.45) is 0 Å². The van der Waals surface area contributed by atoms with E-state index >= 15 is 0 Å². The quantitative estimate of drug-likeness (QED) is 0.527. The summed E-state index contributed by atoms with van der Waals surface area (Å²) in [5.74, 6) is 0. The Morgan fingerprint density at radius 1 is 0.967 bits per heavy atom. The highest BCUT2D eigenvalue weighted by molar-refractivity contribution is 6.09. The summed E-state index contributed by atoms with van der Waals surface area (Å²) in [7, 11) is 0. The number of aliphatic hydroxyl groups is 1. The summed E-state index contributed by atoms with van der Waals surface area (Å²) in [4.78, 5) is 14.7. The minimum Gasteiger partial charge on any atom is -0.444 e. The number of carbonyl (C=O) groups is 1. The van der Waals surface area contributed by atoms with Gasteiger partial charge in [0, 0.05) is 24.9 Å². The van der Waals surface area contributed by atoms with Crippen molar-refractivity contribution in [1.82, 2.24) is 4.90 Å². The molecule has 1 amide bonds. The molecule has 0 spiro atoms. The number of ether oxygens (including phenoxy) is 1. The minimum absolute atomic E-state index is 0.00818. The Balaban J connectivity index is 1.56. The fourth-order valence-electron chi connectivity index (χ4n) is 5.50. The number of amides is 1. The van der Waals surface area contributed by atoms with E-state index in [4.69, 9.17) is 4.74 Å². The number of hydrogen-bond donors (Lipinski definition) is 1. The van der Waals surface area contributed by atoms with Crippen LogP contribution in [0.5, 0.6) is 0 Å². The molecular formula is C26H29NO3. The van der Waals surface area contributed by atoms with Crippen LogP contribution in [-0.2, 0) is 10.3 Å². The zero-order chi connectivity index (χ0) is 21.1. The van der Waals surface area contributed by atoms with E-state index in [2.05, 4.69) is 42.5 Å². The summed E-state index contributed by atoms with van der Waals surface area (Å²) in [6.45, 7) is 5.69. The van der Waals surface area contributed by atoms with Crippen LogP contribution in [0, 0.1) is 0 Å². The third-order valence-electron chi connectivity index (χ3n) is 6.64. The van der Waals surface area contributed by atoms with E-state index in [9.17, 15) is 9.90 Å². The molecule has 2 bridgehead atoms. The average molecular weight is 404 g/mol. The molecule has 2 fully saturated rings. The average Bonchev–Trinajstić information content (AvgIpc) is 2.98. The van der Waals surface area contributed by atoms with Gasteiger partial charge in [0.05, 0.1) is 5.60 Å². The second-order valence-corrected chi connectivity index (χ2v) is 9.90. The number of piperidine rings is 1. The predicted molar refractivity (Wildman–Crippen MR) is 119 cm³/mol. The van der Waals surface area contributed by atoms with E-state index < -0.39 is 11.2 Å². The highest BCUT2D eigenvalue weighted by Crippen LogP contribution is 2.48. The summed E-state index contributed by atoms with van der Waals surface area (Å²) in [6, 6.07) is 18.8. The van der Waals surface area contributed by atoms with Crippen LogP contribution in [0.2, 0.25) is 0 Å². The van der Waals surface area contributed by atoms with Crippen molar-refractivity contribution in [3.05, 3.63) is 60.2 Å². The largest absolute Gasteiger partial charge is 0.444 e. The highest BCUT2D eigenvalue weighted by Gasteiger charge is 2.51. The zero-order valence-electron chi connectivity index (χ0n) is 17.9. The first-order valence-corrected chi connectivity index (χ1v) is 10.9. The molecule has 0 aliphatic carbocycles. The van der Waals surface area contributed by atoms with Gasteiger partial charge in [0.1, 0.15) is 5.60 Å². The first-order valence-electron chi connectivity index (χ1n) is 10.9. The molecule has 2 saturated heterocycles. The third kappa shape index (κ3) is 3.14. The van der Waals surface area contributed by atoms with Gasteiger partial charge in [-0.2, -0.15) is 0 Å². The molecule has 1 N–H and O–H groups in total. The van der Waals surface area contributed by atoms with Crippen LogP contribution in [0.25, 0.3) is 21.5 Å². The molecule has 0 saturated carbocycles. The van der Waals surface area contributed by atoms with Gasteiger partial charge in [0.2, 0.25) is 0 Å². The standard InChI is InChI=1S/C26H29NO3/c1-25(2,3)30-24(28)27-18-12-13-19(27)16-26(29,15-18)23-14-17-8-4-5-9-20(17)21-10-6-7-11-22(21)23/h4-11,14,18-19,29H,12-13,15-16H2,1-3H3. The molecule has 4 heteroatoms. The number of nitrogens with zero attached hydrogens (tertiary/aromatic N) is 1. The molecule has 156 valence electrons. The van der Waals surface area contributed by atoms with Crippen molar-refractivity contribution in [3.63, 3.8) is 0 Å². The Bertz CT molecular complexity index is 1120. The molecule has 2 heterocycles. The Kier molecular flexibility index (Phi) is 4.33. The smallest absolute Gasteiger partial charge is 0.410 e. The minimum atomic E-state index is -0.950. The van der Waals surface area contributed by atoms with Crippen LogP contribution in [-0.4, -0.2) is 33.8 Å². The fraction of sp³-hybridized carbons (Fsp3) is 0.423. The Labute approximate surface area is 177 Å². The van der Waals surface area contributed by atoms with Gasteiger partial charge >= 0.3 is 6.09 Å². The van der Waals surface area contributed by atoms with Gasteiger partial charge in [-0.1, -0.05) is 48.5 Å². The normalized spacial score (nSPS) is 26.3. The van der Waals surface area contributed by atoms with Crippen LogP contribution < -0.4 is 0 Å². The van der Waals surface area contributed by atoms with Gasteiger partial charge < -0.3 is 14.7 Å². The lowest BCUT2D eigenvalue weighted by Gasteiger charge is -2.44. The van der Waals surface area contributed by atoms with Gasteiger partial charge in [-0.3, -0.25) is 0 Å². The van der Waals surface area contributed by atoms with E-state index in [1.165, 1.54) is 10.8 Å².